The molecule has 1 heterocycles. The van der Waals surface area contributed by atoms with Gasteiger partial charge in [-0.15, -0.1) is 0 Å². The van der Waals surface area contributed by atoms with E-state index in [0.29, 0.717) is 5.75 Å². The van der Waals surface area contributed by atoms with E-state index in [9.17, 15) is 4.79 Å². The molecule has 0 aromatic heterocycles. The zero-order valence-corrected chi connectivity index (χ0v) is 14.9. The van der Waals surface area contributed by atoms with Gasteiger partial charge in [-0.05, 0) is 36.4 Å². The Morgan fingerprint density at radius 3 is 2.46 bits per heavy atom. The number of ether oxygens (including phenoxy) is 1. The Morgan fingerprint density at radius 1 is 0.923 bits per heavy atom. The van der Waals surface area contributed by atoms with Crippen molar-refractivity contribution in [2.75, 3.05) is 17.4 Å². The third kappa shape index (κ3) is 3.07. The van der Waals surface area contributed by atoms with Crippen molar-refractivity contribution in [3.63, 3.8) is 0 Å². The minimum absolute atomic E-state index is 0.267. The highest BCUT2D eigenvalue weighted by Crippen LogP contribution is 2.49. The molecule has 6 heteroatoms. The van der Waals surface area contributed by atoms with E-state index in [2.05, 4.69) is 10.9 Å². The van der Waals surface area contributed by atoms with Crippen LogP contribution in [0.25, 0.3) is 0 Å². The average Bonchev–Trinajstić information content (AvgIpc) is 2.70. The summed E-state index contributed by atoms with van der Waals surface area (Å²) in [5.41, 5.74) is 8.17. The quantitative estimate of drug-likeness (QED) is 0.641. The molecule has 1 aliphatic heterocycles. The Morgan fingerprint density at radius 2 is 1.65 bits per heavy atom. The van der Waals surface area contributed by atoms with Crippen molar-refractivity contribution in [1.29, 1.82) is 0 Å². The molecule has 26 heavy (non-hydrogen) atoms. The fourth-order valence-corrected chi connectivity index (χ4v) is 3.82. The second kappa shape index (κ2) is 7.01. The van der Waals surface area contributed by atoms with E-state index < -0.39 is 0 Å². The van der Waals surface area contributed by atoms with Crippen molar-refractivity contribution < 1.29 is 9.53 Å². The number of hydrazine groups is 1. The van der Waals surface area contributed by atoms with Crippen LogP contribution in [0.4, 0.5) is 21.9 Å². The second-order valence-electron chi connectivity index (χ2n) is 5.66. The van der Waals surface area contributed by atoms with Crippen molar-refractivity contribution in [3.8, 4) is 5.75 Å². The first-order chi connectivity index (χ1) is 12.8. The van der Waals surface area contributed by atoms with Crippen molar-refractivity contribution in [2.45, 2.75) is 9.79 Å². The van der Waals surface area contributed by atoms with Crippen molar-refractivity contribution in [3.05, 3.63) is 72.8 Å². The molecular formula is C20H17N3O2S. The largest absolute Gasteiger partial charge is 0.497 e. The lowest BCUT2D eigenvalue weighted by atomic mass is 10.2. The summed E-state index contributed by atoms with van der Waals surface area (Å²) >= 11 is 1.64. The van der Waals surface area contributed by atoms with Crippen LogP contribution >= 0.6 is 11.8 Å². The second-order valence-corrected chi connectivity index (χ2v) is 6.74. The van der Waals surface area contributed by atoms with Gasteiger partial charge in [-0.1, -0.05) is 42.1 Å². The normalized spacial score (nSPS) is 12.0. The van der Waals surface area contributed by atoms with Crippen molar-refractivity contribution >= 4 is 34.9 Å². The van der Waals surface area contributed by atoms with Crippen LogP contribution in [0.5, 0.6) is 5.75 Å². The predicted molar refractivity (Wildman–Crippen MR) is 104 cm³/mol. The monoisotopic (exact) mass is 363 g/mol. The molecular weight excluding hydrogens is 346 g/mol. The van der Waals surface area contributed by atoms with Gasteiger partial charge in [-0.3, -0.25) is 15.8 Å². The maximum atomic E-state index is 13.0. The summed E-state index contributed by atoms with van der Waals surface area (Å²) in [6.45, 7) is 0. The van der Waals surface area contributed by atoms with Gasteiger partial charge in [0.1, 0.15) is 5.75 Å². The number of nitrogens with zero attached hydrogens (tertiary/aromatic N) is 1. The van der Waals surface area contributed by atoms with Crippen LogP contribution in [-0.2, 0) is 0 Å². The lowest BCUT2D eigenvalue weighted by Crippen LogP contribution is -2.41. The Balaban J connectivity index is 1.68. The van der Waals surface area contributed by atoms with Crippen LogP contribution < -0.4 is 20.5 Å². The number of anilines is 3. The fourth-order valence-electron chi connectivity index (χ4n) is 2.78. The molecule has 0 aliphatic carbocycles. The summed E-state index contributed by atoms with van der Waals surface area (Å²) in [6, 6.07) is 22.8. The molecule has 0 bridgehead atoms. The van der Waals surface area contributed by atoms with Gasteiger partial charge in [0.25, 0.3) is 0 Å². The minimum Gasteiger partial charge on any atom is -0.497 e. The van der Waals surface area contributed by atoms with Crippen molar-refractivity contribution in [2.24, 2.45) is 0 Å². The third-order valence-corrected chi connectivity index (χ3v) is 5.15. The number of benzene rings is 3. The summed E-state index contributed by atoms with van der Waals surface area (Å²) in [5.74, 6) is 0.706. The molecule has 3 aromatic carbocycles. The maximum absolute atomic E-state index is 13.0. The van der Waals surface area contributed by atoms with Gasteiger partial charge in [0.2, 0.25) is 0 Å². The Labute approximate surface area is 155 Å². The van der Waals surface area contributed by atoms with Crippen LogP contribution in [0.3, 0.4) is 0 Å². The van der Waals surface area contributed by atoms with Gasteiger partial charge in [-0.2, -0.15) is 0 Å². The molecule has 2 N–H and O–H groups in total. The van der Waals surface area contributed by atoms with Crippen molar-refractivity contribution in [1.82, 2.24) is 5.43 Å². The van der Waals surface area contributed by atoms with Gasteiger partial charge in [-0.25, -0.2) is 4.79 Å². The van der Waals surface area contributed by atoms with E-state index in [1.807, 2.05) is 72.8 Å². The first kappa shape index (κ1) is 16.4. The molecule has 0 fully saturated rings. The molecule has 2 amide bonds. The summed E-state index contributed by atoms with van der Waals surface area (Å²) in [5, 5.41) is 0. The van der Waals surface area contributed by atoms with E-state index in [-0.39, 0.29) is 6.03 Å². The highest BCUT2D eigenvalue weighted by molar-refractivity contribution is 7.99. The Bertz CT molecular complexity index is 947. The number of fused-ring (bicyclic) bond motifs is 2. The first-order valence-electron chi connectivity index (χ1n) is 8.12. The van der Waals surface area contributed by atoms with E-state index in [1.165, 1.54) is 0 Å². The van der Waals surface area contributed by atoms with Gasteiger partial charge in [0, 0.05) is 15.9 Å². The van der Waals surface area contributed by atoms with E-state index >= 15 is 0 Å². The summed E-state index contributed by atoms with van der Waals surface area (Å²) in [6.07, 6.45) is 0. The van der Waals surface area contributed by atoms with Gasteiger partial charge in [0.15, 0.2) is 0 Å². The van der Waals surface area contributed by atoms with Crippen LogP contribution in [0.15, 0.2) is 82.6 Å². The maximum Gasteiger partial charge on any atom is 0.345 e. The number of para-hydroxylation sites is 2. The Kier molecular flexibility index (Phi) is 4.41. The number of carbonyl (C=O) groups excluding carboxylic acids is 1. The van der Waals surface area contributed by atoms with E-state index in [1.54, 1.807) is 23.8 Å². The number of hydrogen-bond donors (Lipinski definition) is 2. The molecule has 0 saturated heterocycles. The van der Waals surface area contributed by atoms with Crippen LogP contribution in [0.2, 0.25) is 0 Å². The Hall–Kier alpha value is -3.12. The zero-order chi connectivity index (χ0) is 17.9. The highest BCUT2D eigenvalue weighted by Gasteiger charge is 2.28. The SMILES string of the molecule is COc1ccc2c(c1)N(C(=O)NNc1ccccc1)c1ccccc1S2. The number of carbonyl (C=O) groups is 1. The molecule has 1 aliphatic rings. The lowest BCUT2D eigenvalue weighted by Gasteiger charge is -2.31. The third-order valence-electron chi connectivity index (χ3n) is 4.02. The molecule has 5 nitrogen and oxygen atoms in total. The first-order valence-corrected chi connectivity index (χ1v) is 8.94. The topological polar surface area (TPSA) is 53.6 Å². The van der Waals surface area contributed by atoms with E-state index in [4.69, 9.17) is 4.74 Å². The van der Waals surface area contributed by atoms with Crippen LogP contribution in [0.1, 0.15) is 0 Å². The molecule has 130 valence electrons. The standard InChI is InChI=1S/C20H17N3O2S/c1-25-15-11-12-19-17(13-15)23(16-9-5-6-10-18(16)26-19)20(24)22-21-14-7-3-2-4-8-14/h2-13,21H,1H3,(H,22,24). The van der Waals surface area contributed by atoms with Gasteiger partial charge >= 0.3 is 6.03 Å². The smallest absolute Gasteiger partial charge is 0.345 e. The molecule has 4 rings (SSSR count). The molecule has 0 atom stereocenters. The molecule has 0 spiro atoms. The zero-order valence-electron chi connectivity index (χ0n) is 14.1. The van der Waals surface area contributed by atoms with E-state index in [0.717, 1.165) is 26.9 Å². The number of urea groups is 1. The number of nitrogens with one attached hydrogen (secondary N) is 2. The predicted octanol–water partition coefficient (Wildman–Crippen LogP) is 5.03. The number of methoxy groups -OCH3 is 1. The minimum atomic E-state index is -0.267. The molecule has 3 aromatic rings. The van der Waals surface area contributed by atoms with Crippen LogP contribution in [0, 0.1) is 0 Å². The van der Waals surface area contributed by atoms with Gasteiger partial charge < -0.3 is 4.74 Å². The summed E-state index contributed by atoms with van der Waals surface area (Å²) < 4.78 is 5.34. The number of hydrogen-bond acceptors (Lipinski definition) is 4. The fraction of sp³-hybridized carbons (Fsp3) is 0.0500. The molecule has 0 saturated carbocycles. The number of amides is 2. The number of rotatable bonds is 3. The van der Waals surface area contributed by atoms with Crippen LogP contribution in [-0.4, -0.2) is 13.1 Å². The average molecular weight is 363 g/mol. The molecule has 0 radical (unpaired) electrons. The molecule has 0 unspecified atom stereocenters. The van der Waals surface area contributed by atoms with Gasteiger partial charge in [0.05, 0.1) is 24.2 Å². The summed E-state index contributed by atoms with van der Waals surface area (Å²) in [7, 11) is 1.62. The lowest BCUT2D eigenvalue weighted by molar-refractivity contribution is 0.250. The highest BCUT2D eigenvalue weighted by atomic mass is 32.2. The summed E-state index contributed by atoms with van der Waals surface area (Å²) in [4.78, 5) is 16.7.